The predicted molar refractivity (Wildman–Crippen MR) is 108 cm³/mol. The van der Waals surface area contributed by atoms with Crippen molar-refractivity contribution in [1.29, 1.82) is 0 Å². The second-order valence-corrected chi connectivity index (χ2v) is 6.69. The van der Waals surface area contributed by atoms with Crippen molar-refractivity contribution in [3.8, 4) is 11.3 Å². The van der Waals surface area contributed by atoms with Gasteiger partial charge in [-0.05, 0) is 48.4 Å². The third kappa shape index (κ3) is 5.27. The number of benzene rings is 2. The molecule has 3 aromatic rings. The first-order valence-electron chi connectivity index (χ1n) is 9.53. The van der Waals surface area contributed by atoms with Gasteiger partial charge >= 0.3 is 0 Å². The summed E-state index contributed by atoms with van der Waals surface area (Å²) < 4.78 is 13.1. The summed E-state index contributed by atoms with van der Waals surface area (Å²) in [6, 6.07) is 13.9. The number of hydrogen-bond donors (Lipinski definition) is 3. The molecular formula is C22H25FN4O. The van der Waals surface area contributed by atoms with Gasteiger partial charge in [-0.1, -0.05) is 25.5 Å². The van der Waals surface area contributed by atoms with Crippen LogP contribution in [0.3, 0.4) is 0 Å². The number of nitrogens with one attached hydrogen (secondary N) is 3. The fourth-order valence-corrected chi connectivity index (χ4v) is 2.91. The first kappa shape index (κ1) is 19.8. The van der Waals surface area contributed by atoms with E-state index in [0.717, 1.165) is 35.2 Å². The van der Waals surface area contributed by atoms with Crippen LogP contribution >= 0.6 is 0 Å². The van der Waals surface area contributed by atoms with Gasteiger partial charge in [0.2, 0.25) is 0 Å². The smallest absolute Gasteiger partial charge is 0.251 e. The van der Waals surface area contributed by atoms with E-state index < -0.39 is 0 Å². The Labute approximate surface area is 164 Å². The van der Waals surface area contributed by atoms with E-state index in [9.17, 15) is 9.18 Å². The summed E-state index contributed by atoms with van der Waals surface area (Å²) in [6.07, 6.45) is 3.82. The predicted octanol–water partition coefficient (Wildman–Crippen LogP) is 4.04. The highest BCUT2D eigenvalue weighted by atomic mass is 19.1. The summed E-state index contributed by atoms with van der Waals surface area (Å²) in [5.41, 5.74) is 4.56. The molecular weight excluding hydrogens is 355 g/mol. The number of amides is 1. The van der Waals surface area contributed by atoms with Gasteiger partial charge in [0.1, 0.15) is 5.82 Å². The average Bonchev–Trinajstić information content (AvgIpc) is 3.18. The van der Waals surface area contributed by atoms with Gasteiger partial charge in [-0.2, -0.15) is 5.10 Å². The zero-order valence-electron chi connectivity index (χ0n) is 16.0. The van der Waals surface area contributed by atoms with E-state index in [1.807, 2.05) is 24.3 Å². The van der Waals surface area contributed by atoms with Crippen LogP contribution in [0, 0.1) is 5.82 Å². The zero-order valence-corrected chi connectivity index (χ0v) is 16.0. The Morgan fingerprint density at radius 1 is 1.07 bits per heavy atom. The molecule has 2 aromatic carbocycles. The summed E-state index contributed by atoms with van der Waals surface area (Å²) in [7, 11) is 0. The molecule has 0 saturated carbocycles. The van der Waals surface area contributed by atoms with Crippen LogP contribution in [0.1, 0.15) is 41.3 Å². The Morgan fingerprint density at radius 2 is 1.82 bits per heavy atom. The number of carbonyl (C=O) groups excluding carboxylic acids is 1. The SMILES string of the molecule is CCCCNC(=O)c1ccc(CNCc2cn[nH]c2-c2ccc(F)cc2)cc1. The van der Waals surface area contributed by atoms with Crippen LogP contribution in [-0.2, 0) is 13.1 Å². The molecule has 0 unspecified atom stereocenters. The van der Waals surface area contributed by atoms with Crippen molar-refractivity contribution in [2.24, 2.45) is 0 Å². The van der Waals surface area contributed by atoms with Gasteiger partial charge in [0, 0.05) is 36.3 Å². The lowest BCUT2D eigenvalue weighted by atomic mass is 10.1. The van der Waals surface area contributed by atoms with Crippen LogP contribution in [0.25, 0.3) is 11.3 Å². The quantitative estimate of drug-likeness (QED) is 0.491. The minimum absolute atomic E-state index is 0.0321. The van der Waals surface area contributed by atoms with Crippen molar-refractivity contribution >= 4 is 5.91 Å². The van der Waals surface area contributed by atoms with Crippen molar-refractivity contribution in [2.45, 2.75) is 32.9 Å². The summed E-state index contributed by atoms with van der Waals surface area (Å²) in [5, 5.41) is 13.4. The molecule has 0 spiro atoms. The maximum Gasteiger partial charge on any atom is 0.251 e. The second kappa shape index (κ2) is 9.80. The minimum atomic E-state index is -0.259. The largest absolute Gasteiger partial charge is 0.352 e. The molecule has 0 radical (unpaired) electrons. The summed E-state index contributed by atoms with van der Waals surface area (Å²) in [6.45, 7) is 4.11. The molecule has 28 heavy (non-hydrogen) atoms. The van der Waals surface area contributed by atoms with Gasteiger partial charge in [-0.3, -0.25) is 9.89 Å². The minimum Gasteiger partial charge on any atom is -0.352 e. The van der Waals surface area contributed by atoms with E-state index in [2.05, 4.69) is 27.8 Å². The molecule has 5 nitrogen and oxygen atoms in total. The third-order valence-electron chi connectivity index (χ3n) is 4.53. The lowest BCUT2D eigenvalue weighted by Crippen LogP contribution is -2.24. The molecule has 1 amide bonds. The molecule has 3 N–H and O–H groups in total. The van der Waals surface area contributed by atoms with E-state index in [1.165, 1.54) is 12.1 Å². The fourth-order valence-electron chi connectivity index (χ4n) is 2.91. The number of hydrogen-bond acceptors (Lipinski definition) is 3. The second-order valence-electron chi connectivity index (χ2n) is 6.69. The number of aromatic amines is 1. The first-order chi connectivity index (χ1) is 13.7. The summed E-state index contributed by atoms with van der Waals surface area (Å²) >= 11 is 0. The number of H-pyrrole nitrogens is 1. The summed E-state index contributed by atoms with van der Waals surface area (Å²) in [5.74, 6) is -0.291. The lowest BCUT2D eigenvalue weighted by Gasteiger charge is -2.08. The molecule has 1 heterocycles. The Morgan fingerprint density at radius 3 is 2.54 bits per heavy atom. The molecule has 0 saturated heterocycles. The van der Waals surface area contributed by atoms with Crippen LogP contribution in [0.5, 0.6) is 0 Å². The monoisotopic (exact) mass is 380 g/mol. The van der Waals surface area contributed by atoms with Crippen LogP contribution in [0.2, 0.25) is 0 Å². The number of halogens is 1. The Kier molecular flexibility index (Phi) is 6.92. The van der Waals surface area contributed by atoms with E-state index in [1.54, 1.807) is 18.3 Å². The molecule has 146 valence electrons. The zero-order chi connectivity index (χ0) is 19.8. The standard InChI is InChI=1S/C22H25FN4O/c1-2-3-12-25-22(28)18-6-4-16(5-7-18)13-24-14-19-15-26-27-21(19)17-8-10-20(23)11-9-17/h4-11,15,24H,2-3,12-14H2,1H3,(H,25,28)(H,26,27). The van der Waals surface area contributed by atoms with Gasteiger partial charge in [0.25, 0.3) is 5.91 Å². The molecule has 1 aromatic heterocycles. The molecule has 0 atom stereocenters. The van der Waals surface area contributed by atoms with Gasteiger partial charge < -0.3 is 10.6 Å². The van der Waals surface area contributed by atoms with Crippen molar-refractivity contribution in [3.63, 3.8) is 0 Å². The van der Waals surface area contributed by atoms with E-state index in [4.69, 9.17) is 0 Å². The average molecular weight is 380 g/mol. The Balaban J connectivity index is 1.52. The highest BCUT2D eigenvalue weighted by molar-refractivity contribution is 5.94. The Hall–Kier alpha value is -2.99. The van der Waals surface area contributed by atoms with Gasteiger partial charge in [0.15, 0.2) is 0 Å². The van der Waals surface area contributed by atoms with Gasteiger partial charge in [-0.15, -0.1) is 0 Å². The molecule has 6 heteroatoms. The fraction of sp³-hybridized carbons (Fsp3) is 0.273. The number of rotatable bonds is 9. The van der Waals surface area contributed by atoms with Crippen LogP contribution in [0.4, 0.5) is 4.39 Å². The van der Waals surface area contributed by atoms with E-state index in [0.29, 0.717) is 25.2 Å². The normalized spacial score (nSPS) is 10.8. The molecule has 3 rings (SSSR count). The third-order valence-corrected chi connectivity index (χ3v) is 4.53. The van der Waals surface area contributed by atoms with Crippen LogP contribution in [-0.4, -0.2) is 22.6 Å². The van der Waals surface area contributed by atoms with Gasteiger partial charge in [0.05, 0.1) is 11.9 Å². The van der Waals surface area contributed by atoms with E-state index in [-0.39, 0.29) is 11.7 Å². The van der Waals surface area contributed by atoms with Crippen molar-refractivity contribution < 1.29 is 9.18 Å². The van der Waals surface area contributed by atoms with Crippen LogP contribution in [0.15, 0.2) is 54.7 Å². The number of carbonyl (C=O) groups is 1. The number of unbranched alkanes of at least 4 members (excludes halogenated alkanes) is 1. The van der Waals surface area contributed by atoms with Gasteiger partial charge in [-0.25, -0.2) is 4.39 Å². The molecule has 0 bridgehead atoms. The number of nitrogens with zero attached hydrogens (tertiary/aromatic N) is 1. The maximum absolute atomic E-state index is 13.1. The highest BCUT2D eigenvalue weighted by Crippen LogP contribution is 2.21. The summed E-state index contributed by atoms with van der Waals surface area (Å²) in [4.78, 5) is 12.0. The Bertz CT molecular complexity index is 888. The van der Waals surface area contributed by atoms with Crippen LogP contribution < -0.4 is 10.6 Å². The molecule has 0 aliphatic rings. The lowest BCUT2D eigenvalue weighted by molar-refractivity contribution is 0.0953. The first-order valence-corrected chi connectivity index (χ1v) is 9.53. The molecule has 0 aliphatic carbocycles. The van der Waals surface area contributed by atoms with Crippen molar-refractivity contribution in [2.75, 3.05) is 6.54 Å². The van der Waals surface area contributed by atoms with E-state index >= 15 is 0 Å². The topological polar surface area (TPSA) is 69.8 Å². The van der Waals surface area contributed by atoms with Crippen molar-refractivity contribution in [3.05, 3.63) is 77.2 Å². The number of aromatic nitrogens is 2. The maximum atomic E-state index is 13.1. The molecule has 0 fully saturated rings. The molecule has 0 aliphatic heterocycles. The van der Waals surface area contributed by atoms with Crippen molar-refractivity contribution in [1.82, 2.24) is 20.8 Å². The highest BCUT2D eigenvalue weighted by Gasteiger charge is 2.08.